The number of nitrogens with one attached hydrogen (secondary N) is 2. The monoisotopic (exact) mass is 317 g/mol. The zero-order valence-corrected chi connectivity index (χ0v) is 13.4. The van der Waals surface area contributed by atoms with Crippen molar-refractivity contribution in [2.75, 3.05) is 25.5 Å². The molecule has 1 saturated carbocycles. The minimum absolute atomic E-state index is 0.195. The molecule has 0 aromatic carbocycles. The first kappa shape index (κ1) is 15.7. The largest absolute Gasteiger partial charge is 0.357 e. The molecule has 2 fully saturated rings. The van der Waals surface area contributed by atoms with Crippen molar-refractivity contribution in [2.45, 2.75) is 38.1 Å². The van der Waals surface area contributed by atoms with Crippen molar-refractivity contribution >= 4 is 17.8 Å². The fourth-order valence-electron chi connectivity index (χ4n) is 3.43. The molecule has 1 saturated heterocycles. The highest BCUT2D eigenvalue weighted by Crippen LogP contribution is 2.29. The number of rotatable bonds is 5. The molecule has 3 rings (SSSR count). The Kier molecular flexibility index (Phi) is 4.73. The number of likely N-dealkylation sites (tertiary alicyclic amines) is 1. The van der Waals surface area contributed by atoms with Crippen LogP contribution in [0.25, 0.3) is 0 Å². The number of carbonyl (C=O) groups is 2. The van der Waals surface area contributed by atoms with Gasteiger partial charge in [-0.2, -0.15) is 0 Å². The van der Waals surface area contributed by atoms with Crippen LogP contribution >= 0.6 is 0 Å². The second-order valence-electron chi connectivity index (χ2n) is 6.31. The van der Waals surface area contributed by atoms with E-state index in [0.717, 1.165) is 19.4 Å². The Labute approximate surface area is 135 Å². The van der Waals surface area contributed by atoms with E-state index >= 15 is 0 Å². The van der Waals surface area contributed by atoms with Gasteiger partial charge in [-0.1, -0.05) is 12.8 Å². The number of aromatic nitrogens is 2. The van der Waals surface area contributed by atoms with E-state index in [9.17, 15) is 9.59 Å². The average molecular weight is 317 g/mol. The summed E-state index contributed by atoms with van der Waals surface area (Å²) >= 11 is 0. The van der Waals surface area contributed by atoms with Gasteiger partial charge in [-0.15, -0.1) is 0 Å². The standard InChI is InChI=1S/C16H23N5O2/c1-17-16-19-8-12(9-20-16)15(23)18-7-11-6-14(22)21(10-11)13-4-2-3-5-13/h8-9,11,13H,2-7,10H2,1H3,(H,18,23)(H,17,19,20)/t11-/m1/s1. The zero-order chi connectivity index (χ0) is 16.2. The Bertz CT molecular complexity index is 568. The van der Waals surface area contributed by atoms with Crippen LogP contribution in [-0.2, 0) is 4.79 Å². The van der Waals surface area contributed by atoms with E-state index in [2.05, 4.69) is 20.6 Å². The molecule has 0 bridgehead atoms. The van der Waals surface area contributed by atoms with Gasteiger partial charge >= 0.3 is 0 Å². The van der Waals surface area contributed by atoms with Crippen LogP contribution < -0.4 is 10.6 Å². The van der Waals surface area contributed by atoms with Crippen LogP contribution in [0.5, 0.6) is 0 Å². The van der Waals surface area contributed by atoms with Gasteiger partial charge < -0.3 is 15.5 Å². The predicted octanol–water partition coefficient (Wildman–Crippen LogP) is 1.04. The number of hydrogen-bond donors (Lipinski definition) is 2. The first-order valence-electron chi connectivity index (χ1n) is 8.25. The lowest BCUT2D eigenvalue weighted by molar-refractivity contribution is -0.129. The topological polar surface area (TPSA) is 87.2 Å². The molecule has 2 heterocycles. The number of amides is 2. The molecule has 1 aromatic heterocycles. The van der Waals surface area contributed by atoms with Gasteiger partial charge in [-0.3, -0.25) is 9.59 Å². The first-order chi connectivity index (χ1) is 11.2. The fourth-order valence-corrected chi connectivity index (χ4v) is 3.43. The van der Waals surface area contributed by atoms with E-state index in [1.807, 2.05) is 4.90 Å². The van der Waals surface area contributed by atoms with E-state index < -0.39 is 0 Å². The molecular formula is C16H23N5O2. The normalized spacial score (nSPS) is 21.7. The number of carbonyl (C=O) groups excluding carboxylic acids is 2. The second-order valence-corrected chi connectivity index (χ2v) is 6.31. The summed E-state index contributed by atoms with van der Waals surface area (Å²) in [4.78, 5) is 34.3. The summed E-state index contributed by atoms with van der Waals surface area (Å²) in [5, 5.41) is 5.70. The van der Waals surface area contributed by atoms with Crippen molar-refractivity contribution in [3.63, 3.8) is 0 Å². The highest BCUT2D eigenvalue weighted by atomic mass is 16.2. The van der Waals surface area contributed by atoms with E-state index in [0.29, 0.717) is 30.5 Å². The van der Waals surface area contributed by atoms with E-state index in [1.165, 1.54) is 25.2 Å². The summed E-state index contributed by atoms with van der Waals surface area (Å²) in [5.74, 6) is 0.719. The maximum absolute atomic E-state index is 12.1. The molecule has 0 unspecified atom stereocenters. The van der Waals surface area contributed by atoms with Gasteiger partial charge in [-0.05, 0) is 12.8 Å². The van der Waals surface area contributed by atoms with Crippen LogP contribution in [0.1, 0.15) is 42.5 Å². The lowest BCUT2D eigenvalue weighted by Gasteiger charge is -2.24. The molecule has 7 heteroatoms. The third-order valence-corrected chi connectivity index (χ3v) is 4.69. The van der Waals surface area contributed by atoms with Crippen LogP contribution in [-0.4, -0.2) is 52.9 Å². The van der Waals surface area contributed by atoms with Crippen molar-refractivity contribution in [1.82, 2.24) is 20.2 Å². The smallest absolute Gasteiger partial charge is 0.254 e. The van der Waals surface area contributed by atoms with Crippen LogP contribution in [0, 0.1) is 5.92 Å². The highest BCUT2D eigenvalue weighted by Gasteiger charge is 2.35. The summed E-state index contributed by atoms with van der Waals surface area (Å²) in [6.07, 6.45) is 8.22. The fraction of sp³-hybridized carbons (Fsp3) is 0.625. The van der Waals surface area contributed by atoms with Crippen LogP contribution in [0.15, 0.2) is 12.4 Å². The van der Waals surface area contributed by atoms with Crippen molar-refractivity contribution in [3.05, 3.63) is 18.0 Å². The molecule has 1 aromatic rings. The molecule has 2 aliphatic rings. The molecule has 2 N–H and O–H groups in total. The Morgan fingerprint density at radius 1 is 1.30 bits per heavy atom. The average Bonchev–Trinajstić information content (AvgIpc) is 3.22. The molecule has 0 radical (unpaired) electrons. The highest BCUT2D eigenvalue weighted by molar-refractivity contribution is 5.93. The minimum Gasteiger partial charge on any atom is -0.357 e. The number of anilines is 1. The van der Waals surface area contributed by atoms with Crippen LogP contribution in [0.2, 0.25) is 0 Å². The van der Waals surface area contributed by atoms with E-state index in [4.69, 9.17) is 0 Å². The van der Waals surface area contributed by atoms with E-state index in [1.54, 1.807) is 7.05 Å². The lowest BCUT2D eigenvalue weighted by atomic mass is 10.1. The molecule has 124 valence electrons. The predicted molar refractivity (Wildman–Crippen MR) is 86.0 cm³/mol. The number of nitrogens with zero attached hydrogens (tertiary/aromatic N) is 3. The summed E-state index contributed by atoms with van der Waals surface area (Å²) in [6, 6.07) is 0.422. The summed E-state index contributed by atoms with van der Waals surface area (Å²) in [7, 11) is 1.72. The summed E-state index contributed by atoms with van der Waals surface area (Å²) in [5.41, 5.74) is 0.431. The molecule has 1 aliphatic carbocycles. The van der Waals surface area contributed by atoms with Gasteiger partial charge in [0, 0.05) is 50.9 Å². The van der Waals surface area contributed by atoms with Crippen LogP contribution in [0.3, 0.4) is 0 Å². The molecule has 1 aliphatic heterocycles. The Morgan fingerprint density at radius 3 is 2.65 bits per heavy atom. The molecule has 0 spiro atoms. The van der Waals surface area contributed by atoms with Gasteiger partial charge in [0.25, 0.3) is 5.91 Å². The van der Waals surface area contributed by atoms with Gasteiger partial charge in [0.15, 0.2) is 0 Å². The van der Waals surface area contributed by atoms with Crippen molar-refractivity contribution < 1.29 is 9.59 Å². The summed E-state index contributed by atoms with van der Waals surface area (Å²) < 4.78 is 0. The van der Waals surface area contributed by atoms with Crippen molar-refractivity contribution in [1.29, 1.82) is 0 Å². The first-order valence-corrected chi connectivity index (χ1v) is 8.25. The van der Waals surface area contributed by atoms with Crippen LogP contribution in [0.4, 0.5) is 5.95 Å². The zero-order valence-electron chi connectivity index (χ0n) is 13.4. The molecule has 2 amide bonds. The number of hydrogen-bond acceptors (Lipinski definition) is 5. The molecule has 7 nitrogen and oxygen atoms in total. The lowest BCUT2D eigenvalue weighted by Crippen LogP contribution is -2.36. The van der Waals surface area contributed by atoms with Crippen molar-refractivity contribution in [3.8, 4) is 0 Å². The van der Waals surface area contributed by atoms with Crippen molar-refractivity contribution in [2.24, 2.45) is 5.92 Å². The Hall–Kier alpha value is -2.18. The summed E-state index contributed by atoms with van der Waals surface area (Å²) in [6.45, 7) is 1.28. The molecule has 1 atom stereocenters. The van der Waals surface area contributed by atoms with Gasteiger partial charge in [0.05, 0.1) is 5.56 Å². The molecular weight excluding hydrogens is 294 g/mol. The van der Waals surface area contributed by atoms with Gasteiger partial charge in [-0.25, -0.2) is 9.97 Å². The minimum atomic E-state index is -0.195. The third-order valence-electron chi connectivity index (χ3n) is 4.69. The molecule has 23 heavy (non-hydrogen) atoms. The second kappa shape index (κ2) is 6.93. The van der Waals surface area contributed by atoms with Gasteiger partial charge in [0.2, 0.25) is 11.9 Å². The van der Waals surface area contributed by atoms with E-state index in [-0.39, 0.29) is 17.7 Å². The Morgan fingerprint density at radius 2 is 2.00 bits per heavy atom. The quantitative estimate of drug-likeness (QED) is 0.847. The maximum atomic E-state index is 12.1. The maximum Gasteiger partial charge on any atom is 0.254 e. The van der Waals surface area contributed by atoms with Gasteiger partial charge in [0.1, 0.15) is 0 Å². The Balaban J connectivity index is 1.50. The third kappa shape index (κ3) is 3.60. The SMILES string of the molecule is CNc1ncc(C(=O)NC[C@H]2CC(=O)N(C3CCCC3)C2)cn1.